The number of aromatic nitrogens is 2. The maximum Gasteiger partial charge on any atom is 0.490 e. The molecule has 1 aliphatic rings. The highest BCUT2D eigenvalue weighted by molar-refractivity contribution is 7.09. The van der Waals surface area contributed by atoms with Gasteiger partial charge < -0.3 is 15.2 Å². The third-order valence-electron chi connectivity index (χ3n) is 4.98. The Balaban J connectivity index is 0.000000301. The van der Waals surface area contributed by atoms with Gasteiger partial charge in [-0.3, -0.25) is 9.80 Å². The minimum Gasteiger partial charge on any atom is -0.475 e. The van der Waals surface area contributed by atoms with Gasteiger partial charge in [0.1, 0.15) is 5.82 Å². The highest BCUT2D eigenvalue weighted by Crippen LogP contribution is 2.18. The van der Waals surface area contributed by atoms with Gasteiger partial charge in [0.2, 0.25) is 0 Å². The molecule has 3 aromatic rings. The summed E-state index contributed by atoms with van der Waals surface area (Å²) in [5.74, 6) is -4.55. The second-order valence-electron chi connectivity index (χ2n) is 7.86. The number of piperazine rings is 1. The molecule has 0 bridgehead atoms. The van der Waals surface area contributed by atoms with Crippen LogP contribution in [-0.4, -0.2) is 80.5 Å². The zero-order chi connectivity index (χ0) is 28.3. The molecule has 3 N–H and O–H groups in total. The van der Waals surface area contributed by atoms with Gasteiger partial charge in [-0.15, -0.1) is 11.3 Å². The number of benzene rings is 1. The summed E-state index contributed by atoms with van der Waals surface area (Å²) in [4.78, 5) is 32.3. The molecule has 0 saturated carbocycles. The number of carbonyl (C=O) groups is 2. The number of nitrogens with one attached hydrogen (secondary N) is 1. The van der Waals surface area contributed by atoms with Crippen molar-refractivity contribution in [3.63, 3.8) is 0 Å². The number of hydrogen-bond donors (Lipinski definition) is 3. The largest absolute Gasteiger partial charge is 0.490 e. The number of rotatable bonds is 5. The van der Waals surface area contributed by atoms with E-state index in [1.165, 1.54) is 10.6 Å². The molecule has 0 radical (unpaired) electrons. The van der Waals surface area contributed by atoms with Gasteiger partial charge in [-0.1, -0.05) is 36.4 Å². The number of H-pyrrole nitrogens is 1. The smallest absolute Gasteiger partial charge is 0.475 e. The molecule has 0 aliphatic carbocycles. The predicted molar refractivity (Wildman–Crippen MR) is 126 cm³/mol. The molecule has 8 nitrogen and oxygen atoms in total. The summed E-state index contributed by atoms with van der Waals surface area (Å²) in [7, 11) is 0. The van der Waals surface area contributed by atoms with Gasteiger partial charge in [-0.05, 0) is 11.4 Å². The van der Waals surface area contributed by atoms with Gasteiger partial charge in [-0.2, -0.15) is 26.3 Å². The molecular formula is C23H24F6N4O4S. The minimum atomic E-state index is -5.08. The molecule has 0 amide bonds. The number of nitrogens with zero attached hydrogens (tertiary/aromatic N) is 3. The van der Waals surface area contributed by atoms with Crippen molar-refractivity contribution in [2.45, 2.75) is 25.4 Å². The average molecular weight is 567 g/mol. The fourth-order valence-corrected chi connectivity index (χ4v) is 3.90. The Morgan fingerprint density at radius 1 is 0.842 bits per heavy atom. The van der Waals surface area contributed by atoms with E-state index in [9.17, 15) is 26.3 Å². The Kier molecular flexibility index (Phi) is 11.3. The summed E-state index contributed by atoms with van der Waals surface area (Å²) >= 11 is 1.85. The summed E-state index contributed by atoms with van der Waals surface area (Å²) in [5.41, 5.74) is 2.34. The van der Waals surface area contributed by atoms with E-state index in [0.29, 0.717) is 0 Å². The molecule has 2 aromatic heterocycles. The first-order valence-electron chi connectivity index (χ1n) is 10.9. The molecular weight excluding hydrogens is 542 g/mol. The summed E-state index contributed by atoms with van der Waals surface area (Å²) in [6.07, 6.45) is -8.19. The Morgan fingerprint density at radius 3 is 1.79 bits per heavy atom. The first kappa shape index (κ1) is 30.8. The number of carboxylic acids is 2. The predicted octanol–water partition coefficient (Wildman–Crippen LogP) is 4.72. The zero-order valence-corrected chi connectivity index (χ0v) is 20.5. The fourth-order valence-electron chi connectivity index (χ4n) is 3.15. The second-order valence-corrected chi connectivity index (χ2v) is 8.89. The van der Waals surface area contributed by atoms with Gasteiger partial charge in [0.05, 0.1) is 0 Å². The second kappa shape index (κ2) is 13.9. The van der Waals surface area contributed by atoms with Crippen LogP contribution in [0.1, 0.15) is 10.6 Å². The van der Waals surface area contributed by atoms with E-state index in [4.69, 9.17) is 19.8 Å². The van der Waals surface area contributed by atoms with Crippen molar-refractivity contribution < 1.29 is 46.1 Å². The number of thiophene rings is 1. The molecule has 0 atom stereocenters. The number of aromatic amines is 1. The zero-order valence-electron chi connectivity index (χ0n) is 19.7. The maximum atomic E-state index is 10.6. The SMILES string of the molecule is O=C(O)C(F)(F)F.O=C(O)C(F)(F)F.c1ccc(-c2ncc(CN3CCN(Cc4cccs4)CC3)[nH]2)cc1. The lowest BCUT2D eigenvalue weighted by Gasteiger charge is -2.34. The van der Waals surface area contributed by atoms with Gasteiger partial charge >= 0.3 is 24.3 Å². The van der Waals surface area contributed by atoms with E-state index >= 15 is 0 Å². The maximum absolute atomic E-state index is 10.6. The molecule has 4 rings (SSSR count). The van der Waals surface area contributed by atoms with Crippen LogP contribution < -0.4 is 0 Å². The topological polar surface area (TPSA) is 110 Å². The monoisotopic (exact) mass is 566 g/mol. The fraction of sp³-hybridized carbons (Fsp3) is 0.348. The number of imidazole rings is 1. The van der Waals surface area contributed by atoms with E-state index in [0.717, 1.165) is 50.7 Å². The number of carboxylic acid groups (broad SMARTS) is 2. The average Bonchev–Trinajstić information content (AvgIpc) is 3.53. The van der Waals surface area contributed by atoms with Gasteiger partial charge in [-0.25, -0.2) is 14.6 Å². The Morgan fingerprint density at radius 2 is 1.34 bits per heavy atom. The molecule has 1 saturated heterocycles. The van der Waals surface area contributed by atoms with Crippen molar-refractivity contribution in [3.05, 3.63) is 64.6 Å². The number of alkyl halides is 6. The Labute approximate surface area is 217 Å². The van der Waals surface area contributed by atoms with Crippen LogP contribution in [0, 0.1) is 0 Å². The standard InChI is InChI=1S/C19H22N4S.2C2HF3O2/c1-2-5-16(6-3-1)19-20-13-17(21-19)14-22-8-10-23(11-9-22)15-18-7-4-12-24-18;2*3-2(4,5)1(6)7/h1-7,12-13H,8-11,14-15H2,(H,20,21);2*(H,6,7). The van der Waals surface area contributed by atoms with Crippen LogP contribution in [0.5, 0.6) is 0 Å². The number of aliphatic carboxylic acids is 2. The molecule has 38 heavy (non-hydrogen) atoms. The van der Waals surface area contributed by atoms with Gasteiger partial charge in [0, 0.05) is 61.6 Å². The third kappa shape index (κ3) is 10.9. The normalized spacial score (nSPS) is 14.6. The lowest BCUT2D eigenvalue weighted by atomic mass is 10.2. The van der Waals surface area contributed by atoms with Gasteiger partial charge in [0.15, 0.2) is 0 Å². The first-order valence-corrected chi connectivity index (χ1v) is 11.8. The highest BCUT2D eigenvalue weighted by Gasteiger charge is 2.38. The Bertz CT molecular complexity index is 1100. The number of hydrogen-bond acceptors (Lipinski definition) is 6. The van der Waals surface area contributed by atoms with E-state index in [1.807, 2.05) is 35.7 Å². The van der Waals surface area contributed by atoms with Crippen molar-refractivity contribution in [1.82, 2.24) is 19.8 Å². The molecule has 15 heteroatoms. The summed E-state index contributed by atoms with van der Waals surface area (Å²) in [5, 5.41) is 16.4. The van der Waals surface area contributed by atoms with Crippen LogP contribution in [0.3, 0.4) is 0 Å². The van der Waals surface area contributed by atoms with Crippen molar-refractivity contribution in [2.24, 2.45) is 0 Å². The van der Waals surface area contributed by atoms with Crippen LogP contribution in [0.15, 0.2) is 54.0 Å². The minimum absolute atomic E-state index is 0.951. The molecule has 1 aromatic carbocycles. The van der Waals surface area contributed by atoms with Crippen LogP contribution in [0.25, 0.3) is 11.4 Å². The third-order valence-corrected chi connectivity index (χ3v) is 5.84. The van der Waals surface area contributed by atoms with E-state index in [-0.39, 0.29) is 0 Å². The van der Waals surface area contributed by atoms with Crippen molar-refractivity contribution in [2.75, 3.05) is 26.2 Å². The Hall–Kier alpha value is -3.43. The lowest BCUT2D eigenvalue weighted by Crippen LogP contribution is -2.45. The quantitative estimate of drug-likeness (QED) is 0.384. The van der Waals surface area contributed by atoms with Crippen molar-refractivity contribution in [3.8, 4) is 11.4 Å². The molecule has 1 aliphatic heterocycles. The van der Waals surface area contributed by atoms with Crippen molar-refractivity contribution in [1.29, 1.82) is 0 Å². The molecule has 208 valence electrons. The highest BCUT2D eigenvalue weighted by atomic mass is 32.1. The van der Waals surface area contributed by atoms with E-state index < -0.39 is 24.3 Å². The van der Waals surface area contributed by atoms with Crippen LogP contribution in [0.2, 0.25) is 0 Å². The summed E-state index contributed by atoms with van der Waals surface area (Å²) in [6.45, 7) is 6.55. The van der Waals surface area contributed by atoms with Crippen LogP contribution in [-0.2, 0) is 22.7 Å². The van der Waals surface area contributed by atoms with Crippen molar-refractivity contribution >= 4 is 23.3 Å². The van der Waals surface area contributed by atoms with E-state index in [1.54, 1.807) is 0 Å². The summed E-state index contributed by atoms with van der Waals surface area (Å²) < 4.78 is 63.5. The lowest BCUT2D eigenvalue weighted by molar-refractivity contribution is -0.193. The van der Waals surface area contributed by atoms with Crippen LogP contribution in [0.4, 0.5) is 26.3 Å². The molecule has 0 spiro atoms. The summed E-state index contributed by atoms with van der Waals surface area (Å²) in [6, 6.07) is 14.7. The van der Waals surface area contributed by atoms with Gasteiger partial charge in [0.25, 0.3) is 0 Å². The molecule has 1 fully saturated rings. The molecule has 3 heterocycles. The first-order chi connectivity index (χ1) is 17.8. The molecule has 0 unspecified atom stereocenters. The van der Waals surface area contributed by atoms with E-state index in [2.05, 4.69) is 49.4 Å². The van der Waals surface area contributed by atoms with Crippen LogP contribution >= 0.6 is 11.3 Å². The number of halogens is 6.